The van der Waals surface area contributed by atoms with Gasteiger partial charge in [0.05, 0.1) is 0 Å². The van der Waals surface area contributed by atoms with Crippen molar-refractivity contribution in [2.24, 2.45) is 0 Å². The van der Waals surface area contributed by atoms with Crippen LogP contribution in [0.1, 0.15) is 30.9 Å². The highest BCUT2D eigenvalue weighted by Gasteiger charge is 2.32. The third kappa shape index (κ3) is 3.89. The van der Waals surface area contributed by atoms with Gasteiger partial charge in [0, 0.05) is 24.8 Å². The molecule has 1 aromatic heterocycles. The number of hydrogen-bond donors (Lipinski definition) is 0. The predicted molar refractivity (Wildman–Crippen MR) is 90.1 cm³/mol. The largest absolute Gasteiger partial charge is 0.334 e. The minimum Gasteiger partial charge on any atom is -0.334 e. The van der Waals surface area contributed by atoms with E-state index in [0.29, 0.717) is 12.6 Å². The Bertz CT molecular complexity index is 730. The maximum absolute atomic E-state index is 12.6. The van der Waals surface area contributed by atoms with Crippen LogP contribution < -0.4 is 5.56 Å². The van der Waals surface area contributed by atoms with Gasteiger partial charge in [0.1, 0.15) is 6.54 Å². The van der Waals surface area contributed by atoms with Crippen LogP contribution in [0, 0.1) is 0 Å². The number of carbonyl (C=O) groups excluding carboxylic acids is 1. The van der Waals surface area contributed by atoms with E-state index in [4.69, 9.17) is 0 Å². The number of amides is 1. The summed E-state index contributed by atoms with van der Waals surface area (Å²) in [4.78, 5) is 26.3. The Morgan fingerprint density at radius 3 is 2.43 bits per heavy atom. The van der Waals surface area contributed by atoms with E-state index < -0.39 is 0 Å². The Labute approximate surface area is 136 Å². The second kappa shape index (κ2) is 6.82. The summed E-state index contributed by atoms with van der Waals surface area (Å²) in [6.07, 6.45) is 4.80. The summed E-state index contributed by atoms with van der Waals surface area (Å²) in [5.41, 5.74) is 2.31. The van der Waals surface area contributed by atoms with Crippen molar-refractivity contribution in [3.05, 3.63) is 70.1 Å². The van der Waals surface area contributed by atoms with Gasteiger partial charge in [-0.3, -0.25) is 9.59 Å². The summed E-state index contributed by atoms with van der Waals surface area (Å²) >= 11 is 0. The van der Waals surface area contributed by atoms with Crippen LogP contribution in [0.4, 0.5) is 0 Å². The van der Waals surface area contributed by atoms with Crippen molar-refractivity contribution < 1.29 is 4.79 Å². The topological polar surface area (TPSA) is 42.3 Å². The molecule has 0 atom stereocenters. The molecule has 1 saturated carbocycles. The second-order valence-electron chi connectivity index (χ2n) is 6.09. The van der Waals surface area contributed by atoms with Gasteiger partial charge in [-0.15, -0.1) is 0 Å². The van der Waals surface area contributed by atoms with E-state index in [2.05, 4.69) is 31.2 Å². The number of carbonyl (C=O) groups is 1. The zero-order valence-electron chi connectivity index (χ0n) is 13.4. The monoisotopic (exact) mass is 310 g/mol. The Morgan fingerprint density at radius 2 is 1.83 bits per heavy atom. The van der Waals surface area contributed by atoms with Crippen molar-refractivity contribution in [3.63, 3.8) is 0 Å². The number of nitrogens with zero attached hydrogens (tertiary/aromatic N) is 2. The van der Waals surface area contributed by atoms with E-state index in [1.807, 2.05) is 4.90 Å². The molecule has 0 N–H and O–H groups in total. The molecule has 3 rings (SSSR count). The molecule has 1 aliphatic carbocycles. The van der Waals surface area contributed by atoms with E-state index in [-0.39, 0.29) is 18.0 Å². The SMILES string of the molecule is CCc1ccc(CN(C(=O)Cn2ccccc2=O)C2CC2)cc1. The zero-order chi connectivity index (χ0) is 16.2. The van der Waals surface area contributed by atoms with Gasteiger partial charge in [-0.1, -0.05) is 37.3 Å². The highest BCUT2D eigenvalue weighted by atomic mass is 16.2. The third-order valence-electron chi connectivity index (χ3n) is 4.30. The van der Waals surface area contributed by atoms with Crippen molar-refractivity contribution >= 4 is 5.91 Å². The molecular formula is C19H22N2O2. The molecule has 0 saturated heterocycles. The molecule has 1 heterocycles. The molecule has 0 spiro atoms. The van der Waals surface area contributed by atoms with Crippen LogP contribution in [0.5, 0.6) is 0 Å². The number of rotatable bonds is 6. The molecule has 1 aliphatic rings. The predicted octanol–water partition coefficient (Wildman–Crippen LogP) is 2.60. The second-order valence-corrected chi connectivity index (χ2v) is 6.09. The molecule has 0 bridgehead atoms. The summed E-state index contributed by atoms with van der Waals surface area (Å²) in [6, 6.07) is 13.7. The smallest absolute Gasteiger partial charge is 0.250 e. The van der Waals surface area contributed by atoms with Gasteiger partial charge in [-0.2, -0.15) is 0 Å². The number of aryl methyl sites for hydroxylation is 1. The molecule has 4 nitrogen and oxygen atoms in total. The summed E-state index contributed by atoms with van der Waals surface area (Å²) < 4.78 is 1.47. The van der Waals surface area contributed by atoms with E-state index >= 15 is 0 Å². The first-order valence-corrected chi connectivity index (χ1v) is 8.20. The fourth-order valence-electron chi connectivity index (χ4n) is 2.71. The molecule has 23 heavy (non-hydrogen) atoms. The van der Waals surface area contributed by atoms with Gasteiger partial charge in [0.2, 0.25) is 5.91 Å². The Balaban J connectivity index is 1.72. The zero-order valence-corrected chi connectivity index (χ0v) is 13.4. The van der Waals surface area contributed by atoms with Gasteiger partial charge < -0.3 is 9.47 Å². The van der Waals surface area contributed by atoms with Crippen LogP contribution in [-0.4, -0.2) is 21.4 Å². The lowest BCUT2D eigenvalue weighted by Crippen LogP contribution is -2.37. The van der Waals surface area contributed by atoms with Crippen LogP contribution in [0.15, 0.2) is 53.5 Å². The minimum atomic E-state index is -0.135. The summed E-state index contributed by atoms with van der Waals surface area (Å²) in [6.45, 7) is 2.87. The lowest BCUT2D eigenvalue weighted by Gasteiger charge is -2.23. The lowest BCUT2D eigenvalue weighted by molar-refractivity contribution is -0.133. The van der Waals surface area contributed by atoms with Crippen molar-refractivity contribution in [2.45, 2.75) is 45.3 Å². The van der Waals surface area contributed by atoms with E-state index in [0.717, 1.165) is 24.8 Å². The molecule has 120 valence electrons. The highest BCUT2D eigenvalue weighted by molar-refractivity contribution is 5.76. The standard InChI is InChI=1S/C19H22N2O2/c1-2-15-6-8-16(9-7-15)13-21(17-10-11-17)19(23)14-20-12-4-3-5-18(20)22/h3-9,12,17H,2,10-11,13-14H2,1H3. The average Bonchev–Trinajstić information content (AvgIpc) is 3.40. The maximum Gasteiger partial charge on any atom is 0.250 e. The van der Waals surface area contributed by atoms with Crippen LogP contribution in [0.25, 0.3) is 0 Å². The Hall–Kier alpha value is -2.36. The van der Waals surface area contributed by atoms with E-state index in [1.165, 1.54) is 16.2 Å². The Morgan fingerprint density at radius 1 is 1.13 bits per heavy atom. The molecule has 0 unspecified atom stereocenters. The molecule has 2 aromatic rings. The molecular weight excluding hydrogens is 288 g/mol. The van der Waals surface area contributed by atoms with Crippen molar-refractivity contribution in [2.75, 3.05) is 0 Å². The van der Waals surface area contributed by atoms with Gasteiger partial charge in [-0.25, -0.2) is 0 Å². The minimum absolute atomic E-state index is 0.0142. The maximum atomic E-state index is 12.6. The van der Waals surface area contributed by atoms with Gasteiger partial charge in [-0.05, 0) is 36.5 Å². The molecule has 0 radical (unpaired) electrons. The quantitative estimate of drug-likeness (QED) is 0.823. The summed E-state index contributed by atoms with van der Waals surface area (Å²) in [5.74, 6) is 0.0142. The molecule has 1 amide bonds. The summed E-state index contributed by atoms with van der Waals surface area (Å²) in [7, 11) is 0. The first-order chi connectivity index (χ1) is 11.2. The fraction of sp³-hybridized carbons (Fsp3) is 0.368. The molecule has 1 aromatic carbocycles. The third-order valence-corrected chi connectivity index (χ3v) is 4.30. The fourth-order valence-corrected chi connectivity index (χ4v) is 2.71. The lowest BCUT2D eigenvalue weighted by atomic mass is 10.1. The molecule has 0 aliphatic heterocycles. The highest BCUT2D eigenvalue weighted by Crippen LogP contribution is 2.28. The van der Waals surface area contributed by atoms with Crippen LogP contribution >= 0.6 is 0 Å². The number of aromatic nitrogens is 1. The first-order valence-electron chi connectivity index (χ1n) is 8.20. The van der Waals surface area contributed by atoms with Crippen molar-refractivity contribution in [1.29, 1.82) is 0 Å². The first kappa shape index (κ1) is 15.5. The molecule has 1 fully saturated rings. The van der Waals surface area contributed by atoms with Crippen molar-refractivity contribution in [3.8, 4) is 0 Å². The van der Waals surface area contributed by atoms with Gasteiger partial charge in [0.25, 0.3) is 5.56 Å². The van der Waals surface area contributed by atoms with Gasteiger partial charge >= 0.3 is 0 Å². The number of hydrogen-bond acceptors (Lipinski definition) is 2. The van der Waals surface area contributed by atoms with Crippen LogP contribution in [0.2, 0.25) is 0 Å². The van der Waals surface area contributed by atoms with E-state index in [1.54, 1.807) is 18.3 Å². The number of pyridine rings is 1. The van der Waals surface area contributed by atoms with Crippen LogP contribution in [0.3, 0.4) is 0 Å². The van der Waals surface area contributed by atoms with E-state index in [9.17, 15) is 9.59 Å². The van der Waals surface area contributed by atoms with Crippen LogP contribution in [-0.2, 0) is 24.3 Å². The summed E-state index contributed by atoms with van der Waals surface area (Å²) in [5, 5.41) is 0. The Kier molecular flexibility index (Phi) is 4.60. The van der Waals surface area contributed by atoms with Crippen molar-refractivity contribution in [1.82, 2.24) is 9.47 Å². The molecule has 4 heteroatoms. The van der Waals surface area contributed by atoms with Gasteiger partial charge in [0.15, 0.2) is 0 Å². The average molecular weight is 310 g/mol. The normalized spacial score (nSPS) is 13.8. The number of benzene rings is 1.